The number of carbonyl (C=O) groups is 2. The summed E-state index contributed by atoms with van der Waals surface area (Å²) in [6.07, 6.45) is -0.679. The molecule has 0 aliphatic carbocycles. The second-order valence-corrected chi connectivity index (χ2v) is 15.3. The smallest absolute Gasteiger partial charge is 0.311 e. The van der Waals surface area contributed by atoms with E-state index in [0.29, 0.717) is 18.1 Å². The summed E-state index contributed by atoms with van der Waals surface area (Å²) in [5.41, 5.74) is 1.71. The Morgan fingerprint density at radius 1 is 0.925 bits per heavy atom. The summed E-state index contributed by atoms with van der Waals surface area (Å²) >= 11 is 11.2. The van der Waals surface area contributed by atoms with Gasteiger partial charge >= 0.3 is 11.9 Å². The normalized spacial score (nSPS) is 23.4. The zero-order chi connectivity index (χ0) is 29.8. The van der Waals surface area contributed by atoms with Crippen LogP contribution in [0.2, 0.25) is 5.02 Å². The molecule has 0 radical (unpaired) electrons. The van der Waals surface area contributed by atoms with Crippen molar-refractivity contribution in [3.8, 4) is 5.75 Å². The average Bonchev–Trinajstić information content (AvgIpc) is 2.87. The van der Waals surface area contributed by atoms with Gasteiger partial charge in [-0.1, -0.05) is 81.0 Å². The Kier molecular flexibility index (Phi) is 11.6. The van der Waals surface area contributed by atoms with Crippen LogP contribution in [0, 0.1) is 10.8 Å². The van der Waals surface area contributed by atoms with Crippen LogP contribution in [-0.2, 0) is 30.2 Å². The van der Waals surface area contributed by atoms with Crippen molar-refractivity contribution in [1.29, 1.82) is 0 Å². The number of hydrogen-bond donors (Lipinski definition) is 0. The molecule has 2 aromatic rings. The zero-order valence-corrected chi connectivity index (χ0v) is 29.2. The van der Waals surface area contributed by atoms with E-state index in [1.54, 1.807) is 0 Å². The molecule has 3 rings (SSSR count). The van der Waals surface area contributed by atoms with Crippen molar-refractivity contribution < 1.29 is 28.5 Å². The van der Waals surface area contributed by atoms with Crippen molar-refractivity contribution in [2.24, 2.45) is 10.8 Å². The SMILES string of the molecule is CCOc1ccc(Cc2cc(C3OC(COC(=O)C(C)(C)C)C(I)C(OC(=O)C(C)(C)C)C3I)ccc2Cl)cc1. The summed E-state index contributed by atoms with van der Waals surface area (Å²) in [5.74, 6) is 0.247. The summed E-state index contributed by atoms with van der Waals surface area (Å²) in [6.45, 7) is 13.6. The molecule has 5 unspecified atom stereocenters. The van der Waals surface area contributed by atoms with Crippen LogP contribution in [0.25, 0.3) is 0 Å². The van der Waals surface area contributed by atoms with E-state index in [9.17, 15) is 9.59 Å². The first kappa shape index (κ1) is 33.4. The van der Waals surface area contributed by atoms with Crippen LogP contribution >= 0.6 is 56.8 Å². The fraction of sp³-hybridized carbons (Fsp3) is 0.548. The van der Waals surface area contributed by atoms with Crippen LogP contribution in [0.1, 0.15) is 71.3 Å². The first-order valence-corrected chi connectivity index (χ1v) is 16.3. The third-order valence-corrected chi connectivity index (χ3v) is 9.71. The summed E-state index contributed by atoms with van der Waals surface area (Å²) in [4.78, 5) is 25.5. The lowest BCUT2D eigenvalue weighted by molar-refractivity contribution is -0.175. The first-order valence-electron chi connectivity index (χ1n) is 13.4. The number of ether oxygens (including phenoxy) is 4. The molecule has 220 valence electrons. The maximum absolute atomic E-state index is 13.0. The van der Waals surface area contributed by atoms with Crippen LogP contribution in [0.3, 0.4) is 0 Å². The summed E-state index contributed by atoms with van der Waals surface area (Å²) < 4.78 is 23.5. The van der Waals surface area contributed by atoms with Crippen LogP contribution in [0.4, 0.5) is 0 Å². The highest BCUT2D eigenvalue weighted by Gasteiger charge is 2.48. The van der Waals surface area contributed by atoms with Crippen LogP contribution < -0.4 is 4.74 Å². The molecular weight excluding hydrogens is 758 g/mol. The van der Waals surface area contributed by atoms with E-state index in [4.69, 9.17) is 30.5 Å². The topological polar surface area (TPSA) is 71.1 Å². The molecule has 0 bridgehead atoms. The fourth-order valence-corrected chi connectivity index (χ4v) is 7.22. The predicted octanol–water partition coefficient (Wildman–Crippen LogP) is 7.92. The number of carbonyl (C=O) groups excluding carboxylic acids is 2. The van der Waals surface area contributed by atoms with Gasteiger partial charge in [-0.05, 0) is 89.8 Å². The van der Waals surface area contributed by atoms with Crippen LogP contribution in [0.15, 0.2) is 42.5 Å². The molecule has 1 heterocycles. The fourth-order valence-electron chi connectivity index (χ4n) is 4.09. The molecule has 0 spiro atoms. The highest BCUT2D eigenvalue weighted by atomic mass is 127. The average molecular weight is 797 g/mol. The second kappa shape index (κ2) is 13.9. The Morgan fingerprint density at radius 2 is 1.55 bits per heavy atom. The van der Waals surface area contributed by atoms with Crippen molar-refractivity contribution in [2.45, 2.75) is 81.0 Å². The maximum atomic E-state index is 13.0. The van der Waals surface area contributed by atoms with Crippen molar-refractivity contribution in [3.63, 3.8) is 0 Å². The highest BCUT2D eigenvalue weighted by Crippen LogP contribution is 2.43. The number of rotatable bonds is 8. The Hall–Kier alpha value is -1.11. The van der Waals surface area contributed by atoms with Gasteiger partial charge in [-0.3, -0.25) is 9.59 Å². The van der Waals surface area contributed by atoms with Crippen molar-refractivity contribution >= 4 is 68.7 Å². The summed E-state index contributed by atoms with van der Waals surface area (Å²) in [6, 6.07) is 13.9. The molecular formula is C31H39ClI2O6. The molecule has 0 aromatic heterocycles. The van der Waals surface area contributed by atoms with Gasteiger partial charge in [0.2, 0.25) is 0 Å². The monoisotopic (exact) mass is 796 g/mol. The minimum atomic E-state index is -0.653. The number of hydrogen-bond acceptors (Lipinski definition) is 6. The van der Waals surface area contributed by atoms with Crippen LogP contribution in [-0.4, -0.2) is 45.2 Å². The molecule has 40 heavy (non-hydrogen) atoms. The van der Waals surface area contributed by atoms with Gasteiger partial charge in [0.15, 0.2) is 0 Å². The Bertz CT molecular complexity index is 1170. The summed E-state index contributed by atoms with van der Waals surface area (Å²) in [7, 11) is 0. The molecule has 1 aliphatic heterocycles. The minimum absolute atomic E-state index is 0.0692. The Balaban J connectivity index is 1.90. The molecule has 0 saturated carbocycles. The molecule has 1 saturated heterocycles. The van der Waals surface area contributed by atoms with Gasteiger partial charge in [0.05, 0.1) is 31.4 Å². The molecule has 9 heteroatoms. The molecule has 0 N–H and O–H groups in total. The van der Waals surface area contributed by atoms with Gasteiger partial charge in [-0.15, -0.1) is 0 Å². The molecule has 6 nitrogen and oxygen atoms in total. The lowest BCUT2D eigenvalue weighted by Crippen LogP contribution is -2.53. The lowest BCUT2D eigenvalue weighted by Gasteiger charge is -2.43. The van der Waals surface area contributed by atoms with Crippen molar-refractivity contribution in [2.75, 3.05) is 13.2 Å². The highest BCUT2D eigenvalue weighted by molar-refractivity contribution is 14.1. The maximum Gasteiger partial charge on any atom is 0.311 e. The Morgan fingerprint density at radius 3 is 2.12 bits per heavy atom. The molecule has 5 atom stereocenters. The van der Waals surface area contributed by atoms with Gasteiger partial charge in [0.1, 0.15) is 24.6 Å². The van der Waals surface area contributed by atoms with Crippen molar-refractivity contribution in [3.05, 3.63) is 64.2 Å². The van der Waals surface area contributed by atoms with Gasteiger partial charge < -0.3 is 18.9 Å². The van der Waals surface area contributed by atoms with E-state index in [0.717, 1.165) is 22.4 Å². The van der Waals surface area contributed by atoms with Gasteiger partial charge in [-0.25, -0.2) is 0 Å². The third-order valence-electron chi connectivity index (χ3n) is 6.47. The largest absolute Gasteiger partial charge is 0.494 e. The molecule has 1 fully saturated rings. The lowest BCUT2D eigenvalue weighted by atomic mass is 9.92. The standard InChI is InChI=1S/C31H39ClI2O6/c1-8-37-21-12-9-18(10-13-21)15-20-16-19(11-14-22(20)32)26-25(34)27(40-29(36)31(5,6)7)24(33)23(39-26)17-38-28(35)30(2,3)4/h9-14,16,23-27H,8,15,17H2,1-7H3. The predicted molar refractivity (Wildman–Crippen MR) is 175 cm³/mol. The number of alkyl halides is 2. The van der Waals surface area contributed by atoms with Gasteiger partial charge in [0.25, 0.3) is 0 Å². The minimum Gasteiger partial charge on any atom is -0.494 e. The third kappa shape index (κ3) is 8.70. The van der Waals surface area contributed by atoms with E-state index < -0.39 is 29.1 Å². The zero-order valence-electron chi connectivity index (χ0n) is 24.1. The summed E-state index contributed by atoms with van der Waals surface area (Å²) in [5, 5.41) is 0.664. The Labute approximate surface area is 270 Å². The molecule has 0 amide bonds. The van der Waals surface area contributed by atoms with Crippen LogP contribution in [0.5, 0.6) is 5.75 Å². The van der Waals surface area contributed by atoms with Crippen molar-refractivity contribution in [1.82, 2.24) is 0 Å². The van der Waals surface area contributed by atoms with E-state index in [2.05, 4.69) is 51.2 Å². The van der Waals surface area contributed by atoms with E-state index in [1.165, 1.54) is 0 Å². The van der Waals surface area contributed by atoms with E-state index in [-0.39, 0.29) is 26.4 Å². The number of halogens is 3. The second-order valence-electron chi connectivity index (χ2n) is 12.1. The quantitative estimate of drug-likeness (QED) is 0.154. The van der Waals surface area contributed by atoms with Gasteiger partial charge in [0, 0.05) is 5.02 Å². The van der Waals surface area contributed by atoms with Gasteiger partial charge in [-0.2, -0.15) is 0 Å². The molecule has 1 aliphatic rings. The van der Waals surface area contributed by atoms with E-state index in [1.807, 2.05) is 84.9 Å². The number of benzene rings is 2. The molecule has 2 aromatic carbocycles. The van der Waals surface area contributed by atoms with E-state index >= 15 is 0 Å². The number of esters is 2. The first-order chi connectivity index (χ1) is 18.6.